The van der Waals surface area contributed by atoms with Crippen LogP contribution in [0.2, 0.25) is 0 Å². The highest BCUT2D eigenvalue weighted by Gasteiger charge is 1.13. The van der Waals surface area contributed by atoms with Crippen LogP contribution in [0.1, 0.15) is 1.43 Å². The van der Waals surface area contributed by atoms with Crippen LogP contribution in [-0.4, -0.2) is 14.1 Å². The summed E-state index contributed by atoms with van der Waals surface area (Å²) in [6.07, 6.45) is 0.250. The minimum absolute atomic E-state index is 0. The molecule has 0 heterocycles. The van der Waals surface area contributed by atoms with Crippen molar-refractivity contribution in [2.75, 3.05) is 0 Å². The fraction of sp³-hybridized carbons (Fsp3) is 0. The number of hydrogen-bond donors (Lipinski definition) is 0. The molecular weight excluding hydrogens is 107 g/mol. The van der Waals surface area contributed by atoms with E-state index in [0.29, 0.717) is 0 Å². The molecular formula is C2H4FO4-. The first-order chi connectivity index (χ1) is 3.83. The highest BCUT2D eigenvalue weighted by Crippen LogP contribution is 0.787. The third-order valence-electron chi connectivity index (χ3n) is 0. The maximum absolute atomic E-state index is 8.75. The Hall–Kier alpha value is -1.22. The van der Waals surface area contributed by atoms with Crippen LogP contribution >= 0.6 is 0 Å². The molecule has 0 aromatic rings. The van der Waals surface area contributed by atoms with Crippen LogP contribution in [-0.2, 0) is 14.4 Å². The molecule has 5 heteroatoms. The molecule has 44 valence electrons. The summed E-state index contributed by atoms with van der Waals surface area (Å²) in [5.74, 6) is 0. The van der Waals surface area contributed by atoms with Crippen LogP contribution in [0.3, 0.4) is 0 Å². The van der Waals surface area contributed by atoms with Crippen molar-refractivity contribution in [1.29, 1.82) is 1.45 Å². The lowest BCUT2D eigenvalue weighted by molar-refractivity contribution is -0.283. The second-order valence-electron chi connectivity index (χ2n) is 0.180. The molecule has 0 spiro atoms. The van der Waals surface area contributed by atoms with Crippen molar-refractivity contribution in [3.05, 3.63) is 0 Å². The maximum atomic E-state index is 8.75. The molecule has 0 unspecified atom stereocenters. The monoisotopic (exact) mass is 112 g/mol. The summed E-state index contributed by atoms with van der Waals surface area (Å²) in [5.41, 5.74) is 0. The van der Waals surface area contributed by atoms with Gasteiger partial charge in [0.15, 0.2) is 0 Å². The fourth-order valence-electron chi connectivity index (χ4n) is 0. The van der Waals surface area contributed by atoms with Gasteiger partial charge in [-0.1, -0.05) is 0 Å². The molecule has 0 amide bonds. The van der Waals surface area contributed by atoms with Crippen molar-refractivity contribution in [2.45, 2.75) is 0 Å². The molecule has 0 atom stereocenters. The molecule has 0 bridgehead atoms. The van der Waals surface area contributed by atoms with Crippen molar-refractivity contribution in [3.63, 3.8) is 0 Å². The van der Waals surface area contributed by atoms with Gasteiger partial charge >= 0.3 is 6.15 Å². The largest absolute Gasteiger partial charge is 0.554 e. The van der Waals surface area contributed by atoms with Gasteiger partial charge in [-0.3, -0.25) is 4.72 Å². The van der Waals surface area contributed by atoms with Gasteiger partial charge in [0.2, 0.25) is 0 Å². The van der Waals surface area contributed by atoms with Gasteiger partial charge in [-0.15, -0.1) is 0 Å². The summed E-state index contributed by atoms with van der Waals surface area (Å²) in [4.78, 5) is 24.5. The molecule has 0 fully saturated rings. The number of rotatable bonds is 0. The Morgan fingerprint density at radius 2 is 1.86 bits per heavy atom. The van der Waals surface area contributed by atoms with E-state index in [0.717, 1.165) is 0 Å². The molecule has 0 aliphatic heterocycles. The standard InChI is InChI=1S/CH2O2.CO2.FH.H2/c2*2-1-3;;/h1H,(H,2,3);;2*1H/p-1/i/hD. The Morgan fingerprint density at radius 1 is 1.86 bits per heavy atom. The SMILES string of the molecule is O=C=O.O=C[O-].[2H]F.[HH]. The molecule has 0 rings (SSSR count). The normalized spacial score (nSPS) is 3.86. The zero-order valence-electron chi connectivity index (χ0n) is 4.09. The van der Waals surface area contributed by atoms with Gasteiger partial charge in [-0.2, -0.15) is 9.59 Å². The second-order valence-corrected chi connectivity index (χ2v) is 0.180. The molecule has 0 N–H and O–H groups in total. The van der Waals surface area contributed by atoms with Gasteiger partial charge in [0.25, 0.3) is 1.45 Å². The average Bonchev–Trinajstić information content (AvgIpc) is 1.75. The first kappa shape index (κ1) is 9.24. The molecule has 0 aliphatic rings. The Balaban J connectivity index is -0.0000000202. The Kier molecular flexibility index (Phi) is 148. The smallest absolute Gasteiger partial charge is 0.373 e. The number of carboxylic acid groups (broad SMARTS) is 1. The molecule has 0 saturated carbocycles. The summed E-state index contributed by atoms with van der Waals surface area (Å²) < 4.78 is 13.0. The predicted octanol–water partition coefficient (Wildman–Crippen LogP) is -1.82. The third-order valence-corrected chi connectivity index (χ3v) is 0. The molecule has 4 nitrogen and oxygen atoms in total. The van der Waals surface area contributed by atoms with Crippen molar-refractivity contribution in [3.8, 4) is 0 Å². The maximum Gasteiger partial charge on any atom is 0.373 e. The van der Waals surface area contributed by atoms with E-state index in [2.05, 4.69) is 1.45 Å². The summed E-state index contributed by atoms with van der Waals surface area (Å²) in [6.45, 7) is -0.500. The van der Waals surface area contributed by atoms with Gasteiger partial charge in [0.05, 0.1) is 0 Å². The highest BCUT2D eigenvalue weighted by molar-refractivity contribution is 5.29. The van der Waals surface area contributed by atoms with Crippen LogP contribution in [0.5, 0.6) is 0 Å². The first-order valence-corrected chi connectivity index (χ1v) is 0.880. The lowest BCUT2D eigenvalue weighted by Gasteiger charge is -1.52. The molecule has 0 aliphatic carbocycles. The van der Waals surface area contributed by atoms with E-state index < -0.39 is 6.47 Å². The van der Waals surface area contributed by atoms with Crippen LogP contribution in [0.4, 0.5) is 4.72 Å². The molecule has 0 aromatic carbocycles. The quantitative estimate of drug-likeness (QED) is 0.346. The first-order valence-electron chi connectivity index (χ1n) is 1.26. The Morgan fingerprint density at radius 3 is 1.86 bits per heavy atom. The zero-order valence-corrected chi connectivity index (χ0v) is 3.09. The Labute approximate surface area is 41.1 Å². The number of halogens is 1. The summed E-state index contributed by atoms with van der Waals surface area (Å²) in [5, 5.41) is 8.25. The van der Waals surface area contributed by atoms with Crippen molar-refractivity contribution < 1.29 is 25.6 Å². The summed E-state index contributed by atoms with van der Waals surface area (Å²) in [7, 11) is 0. The fourth-order valence-corrected chi connectivity index (χ4v) is 0. The molecule has 0 saturated heterocycles. The Bertz CT molecular complexity index is 61.6. The van der Waals surface area contributed by atoms with Gasteiger partial charge in [-0.05, 0) is 0 Å². The van der Waals surface area contributed by atoms with E-state index in [4.69, 9.17) is 24.2 Å². The van der Waals surface area contributed by atoms with Crippen molar-refractivity contribution in [2.24, 2.45) is 0 Å². The highest BCUT2D eigenvalue weighted by atomic mass is 19.0. The molecule has 7 heavy (non-hydrogen) atoms. The summed E-state index contributed by atoms with van der Waals surface area (Å²) in [6, 6.07) is 0. The van der Waals surface area contributed by atoms with E-state index in [1.165, 1.54) is 0 Å². The number of carbonyl (C=O) groups excluding carboxylic acids is 3. The number of carbonyl (C=O) groups is 1. The lowest BCUT2D eigenvalue weighted by atomic mass is 11.7. The van der Waals surface area contributed by atoms with Crippen LogP contribution in [0.25, 0.3) is 0 Å². The van der Waals surface area contributed by atoms with Crippen LogP contribution < -0.4 is 5.11 Å². The van der Waals surface area contributed by atoms with E-state index in [9.17, 15) is 0 Å². The minimum Gasteiger partial charge on any atom is -0.554 e. The second kappa shape index (κ2) is 112. The molecule has 0 radical (unpaired) electrons. The van der Waals surface area contributed by atoms with Gasteiger partial charge in [-0.25, -0.2) is 0 Å². The van der Waals surface area contributed by atoms with Gasteiger partial charge in [0, 0.05) is 7.90 Å². The van der Waals surface area contributed by atoms with Gasteiger partial charge in [0.1, 0.15) is 0 Å². The minimum atomic E-state index is -0.500. The average molecular weight is 112 g/mol. The van der Waals surface area contributed by atoms with E-state index in [1.807, 2.05) is 0 Å². The van der Waals surface area contributed by atoms with E-state index in [-0.39, 0.29) is 7.58 Å². The van der Waals surface area contributed by atoms with Gasteiger partial charge < -0.3 is 9.90 Å². The predicted molar refractivity (Wildman–Crippen MR) is 15.7 cm³/mol. The summed E-state index contributed by atoms with van der Waals surface area (Å²) >= 11 is 0. The van der Waals surface area contributed by atoms with E-state index >= 15 is 0 Å². The zero-order chi connectivity index (χ0) is 7.41. The topological polar surface area (TPSA) is 74.3 Å². The third kappa shape index (κ3) is 24.8. The van der Waals surface area contributed by atoms with E-state index in [1.54, 1.807) is 0 Å². The number of hydrogen-bond acceptors (Lipinski definition) is 4. The lowest BCUT2D eigenvalue weighted by Crippen LogP contribution is -2.01. The van der Waals surface area contributed by atoms with Crippen LogP contribution in [0.15, 0.2) is 0 Å². The van der Waals surface area contributed by atoms with Crippen molar-refractivity contribution >= 4 is 12.6 Å². The van der Waals surface area contributed by atoms with Crippen LogP contribution in [0, 0.1) is 0 Å². The molecule has 0 aromatic heterocycles. The van der Waals surface area contributed by atoms with Crippen molar-refractivity contribution in [1.82, 2.24) is 0 Å².